The summed E-state index contributed by atoms with van der Waals surface area (Å²) in [5.74, 6) is 0.0682. The van der Waals surface area contributed by atoms with Crippen LogP contribution in [-0.4, -0.2) is 32.6 Å². The first-order valence-electron chi connectivity index (χ1n) is 7.49. The average molecular weight is 328 g/mol. The van der Waals surface area contributed by atoms with Crippen LogP contribution in [-0.2, 0) is 9.53 Å². The summed E-state index contributed by atoms with van der Waals surface area (Å²) >= 11 is 0. The van der Waals surface area contributed by atoms with Crippen molar-refractivity contribution in [2.75, 3.05) is 31.4 Å². The number of methoxy groups -OCH3 is 2. The molecule has 0 heterocycles. The van der Waals surface area contributed by atoms with E-state index in [0.717, 1.165) is 11.4 Å². The molecule has 0 aliphatic rings. The monoisotopic (exact) mass is 328 g/mol. The number of benzene rings is 2. The smallest absolute Gasteiger partial charge is 0.339 e. The largest absolute Gasteiger partial charge is 0.497 e. The van der Waals surface area contributed by atoms with Crippen LogP contribution < -0.4 is 15.4 Å². The van der Waals surface area contributed by atoms with Gasteiger partial charge in [-0.05, 0) is 24.3 Å². The SMILES string of the molecule is COC(=O)c1ccccc1NC(=O)CCNc1cccc(OC)c1. The number of ether oxygens (including phenoxy) is 2. The summed E-state index contributed by atoms with van der Waals surface area (Å²) < 4.78 is 9.85. The Bertz CT molecular complexity index is 716. The van der Waals surface area contributed by atoms with Gasteiger partial charge in [0.25, 0.3) is 0 Å². The fourth-order valence-electron chi connectivity index (χ4n) is 2.15. The third kappa shape index (κ3) is 4.74. The molecule has 2 rings (SSSR count). The van der Waals surface area contributed by atoms with Crippen molar-refractivity contribution in [2.45, 2.75) is 6.42 Å². The number of hydrogen-bond acceptors (Lipinski definition) is 5. The predicted octanol–water partition coefficient (Wildman–Crippen LogP) is 2.92. The van der Waals surface area contributed by atoms with Crippen molar-refractivity contribution in [1.82, 2.24) is 0 Å². The van der Waals surface area contributed by atoms with Gasteiger partial charge in [0.05, 0.1) is 25.5 Å². The van der Waals surface area contributed by atoms with Crippen molar-refractivity contribution in [2.24, 2.45) is 0 Å². The highest BCUT2D eigenvalue weighted by Crippen LogP contribution is 2.18. The summed E-state index contributed by atoms with van der Waals surface area (Å²) in [6, 6.07) is 14.2. The molecule has 6 nitrogen and oxygen atoms in total. The Kier molecular flexibility index (Phi) is 6.19. The molecule has 0 bridgehead atoms. The maximum absolute atomic E-state index is 12.1. The lowest BCUT2D eigenvalue weighted by atomic mass is 10.1. The van der Waals surface area contributed by atoms with E-state index < -0.39 is 5.97 Å². The molecule has 0 fully saturated rings. The van der Waals surface area contributed by atoms with Crippen molar-refractivity contribution in [3.63, 3.8) is 0 Å². The number of carbonyl (C=O) groups excluding carboxylic acids is 2. The second kappa shape index (κ2) is 8.57. The molecule has 0 saturated heterocycles. The molecule has 1 amide bonds. The summed E-state index contributed by atoms with van der Waals surface area (Å²) in [4.78, 5) is 23.7. The molecule has 2 aromatic rings. The second-order valence-electron chi connectivity index (χ2n) is 4.99. The van der Waals surface area contributed by atoms with Crippen molar-refractivity contribution >= 4 is 23.3 Å². The molecule has 0 spiro atoms. The predicted molar refractivity (Wildman–Crippen MR) is 92.5 cm³/mol. The average Bonchev–Trinajstić information content (AvgIpc) is 2.61. The van der Waals surface area contributed by atoms with Gasteiger partial charge in [-0.15, -0.1) is 0 Å². The van der Waals surface area contributed by atoms with E-state index in [4.69, 9.17) is 9.47 Å². The number of para-hydroxylation sites is 1. The van der Waals surface area contributed by atoms with Crippen molar-refractivity contribution < 1.29 is 19.1 Å². The number of amides is 1. The highest BCUT2D eigenvalue weighted by atomic mass is 16.5. The van der Waals surface area contributed by atoms with E-state index in [1.165, 1.54) is 7.11 Å². The topological polar surface area (TPSA) is 76.7 Å². The number of rotatable bonds is 7. The first-order chi connectivity index (χ1) is 11.6. The number of carbonyl (C=O) groups is 2. The van der Waals surface area contributed by atoms with Crippen molar-refractivity contribution in [3.05, 3.63) is 54.1 Å². The van der Waals surface area contributed by atoms with E-state index in [9.17, 15) is 9.59 Å². The van der Waals surface area contributed by atoms with Crippen LogP contribution in [0.2, 0.25) is 0 Å². The molecule has 0 atom stereocenters. The van der Waals surface area contributed by atoms with Crippen LogP contribution in [0.25, 0.3) is 0 Å². The van der Waals surface area contributed by atoms with Gasteiger partial charge in [0.1, 0.15) is 5.75 Å². The molecule has 0 saturated carbocycles. The lowest BCUT2D eigenvalue weighted by Crippen LogP contribution is -2.18. The van der Waals surface area contributed by atoms with Gasteiger partial charge < -0.3 is 20.1 Å². The second-order valence-corrected chi connectivity index (χ2v) is 4.99. The standard InChI is InChI=1S/C18H20N2O4/c1-23-14-7-5-6-13(12-14)19-11-10-17(21)20-16-9-4-3-8-15(16)18(22)24-2/h3-9,12,19H,10-11H2,1-2H3,(H,20,21). The Morgan fingerprint density at radius 1 is 1.04 bits per heavy atom. The molecule has 0 aliphatic carbocycles. The maximum Gasteiger partial charge on any atom is 0.339 e. The van der Waals surface area contributed by atoms with Gasteiger partial charge in [-0.2, -0.15) is 0 Å². The zero-order valence-corrected chi connectivity index (χ0v) is 13.7. The van der Waals surface area contributed by atoms with Crippen LogP contribution in [0.1, 0.15) is 16.8 Å². The Hall–Kier alpha value is -3.02. The number of hydrogen-bond donors (Lipinski definition) is 2. The lowest BCUT2D eigenvalue weighted by molar-refractivity contribution is -0.115. The third-order valence-corrected chi connectivity index (χ3v) is 3.36. The van der Waals surface area contributed by atoms with Crippen molar-refractivity contribution in [1.29, 1.82) is 0 Å². The van der Waals surface area contributed by atoms with Crippen LogP contribution in [0.5, 0.6) is 5.75 Å². The van der Waals surface area contributed by atoms with Crippen LogP contribution >= 0.6 is 0 Å². The van der Waals surface area contributed by atoms with Gasteiger partial charge in [0.2, 0.25) is 5.91 Å². The van der Waals surface area contributed by atoms with Gasteiger partial charge in [-0.3, -0.25) is 4.79 Å². The quantitative estimate of drug-likeness (QED) is 0.764. The van der Waals surface area contributed by atoms with Crippen molar-refractivity contribution in [3.8, 4) is 5.75 Å². The zero-order valence-electron chi connectivity index (χ0n) is 13.7. The summed E-state index contributed by atoms with van der Waals surface area (Å²) in [6.07, 6.45) is 0.257. The summed E-state index contributed by atoms with van der Waals surface area (Å²) in [5, 5.41) is 5.88. The van der Waals surface area contributed by atoms with E-state index in [0.29, 0.717) is 17.8 Å². The Morgan fingerprint density at radius 3 is 2.58 bits per heavy atom. The van der Waals surface area contributed by atoms with Crippen LogP contribution in [0.4, 0.5) is 11.4 Å². The van der Waals surface area contributed by atoms with Crippen LogP contribution in [0.3, 0.4) is 0 Å². The minimum absolute atomic E-state index is 0.193. The number of esters is 1. The molecule has 0 aliphatic heterocycles. The molecule has 2 N–H and O–H groups in total. The third-order valence-electron chi connectivity index (χ3n) is 3.36. The molecule has 0 radical (unpaired) electrons. The van der Waals surface area contributed by atoms with E-state index in [2.05, 4.69) is 10.6 Å². The van der Waals surface area contributed by atoms with E-state index in [-0.39, 0.29) is 12.3 Å². The Labute approximate surface area is 140 Å². The Morgan fingerprint density at radius 2 is 1.83 bits per heavy atom. The normalized spacial score (nSPS) is 9.92. The molecule has 2 aromatic carbocycles. The summed E-state index contributed by atoms with van der Waals surface area (Å²) in [6.45, 7) is 0.458. The van der Waals surface area contributed by atoms with E-state index in [1.54, 1.807) is 31.4 Å². The lowest BCUT2D eigenvalue weighted by Gasteiger charge is -2.11. The summed E-state index contributed by atoms with van der Waals surface area (Å²) in [7, 11) is 2.91. The minimum atomic E-state index is -0.486. The zero-order chi connectivity index (χ0) is 17.4. The van der Waals surface area contributed by atoms with Gasteiger partial charge >= 0.3 is 5.97 Å². The first-order valence-corrected chi connectivity index (χ1v) is 7.49. The number of anilines is 2. The Balaban J connectivity index is 1.89. The number of nitrogens with one attached hydrogen (secondary N) is 2. The first kappa shape index (κ1) is 17.3. The molecule has 126 valence electrons. The van der Waals surface area contributed by atoms with E-state index >= 15 is 0 Å². The van der Waals surface area contributed by atoms with Gasteiger partial charge in [0, 0.05) is 24.7 Å². The van der Waals surface area contributed by atoms with Gasteiger partial charge in [0.15, 0.2) is 0 Å². The van der Waals surface area contributed by atoms with E-state index in [1.807, 2.05) is 24.3 Å². The van der Waals surface area contributed by atoms with Crippen LogP contribution in [0.15, 0.2) is 48.5 Å². The molecular weight excluding hydrogens is 308 g/mol. The molecule has 0 unspecified atom stereocenters. The minimum Gasteiger partial charge on any atom is -0.497 e. The van der Waals surface area contributed by atoms with Gasteiger partial charge in [-0.25, -0.2) is 4.79 Å². The highest BCUT2D eigenvalue weighted by Gasteiger charge is 2.12. The fraction of sp³-hybridized carbons (Fsp3) is 0.222. The fourth-order valence-corrected chi connectivity index (χ4v) is 2.15. The highest BCUT2D eigenvalue weighted by molar-refractivity contribution is 6.01. The molecule has 24 heavy (non-hydrogen) atoms. The van der Waals surface area contributed by atoms with Gasteiger partial charge in [-0.1, -0.05) is 18.2 Å². The maximum atomic E-state index is 12.1. The van der Waals surface area contributed by atoms with Crippen LogP contribution in [0, 0.1) is 0 Å². The summed E-state index contributed by atoms with van der Waals surface area (Å²) in [5.41, 5.74) is 1.64. The molecule has 6 heteroatoms. The molecular formula is C18H20N2O4. The molecule has 0 aromatic heterocycles.